The van der Waals surface area contributed by atoms with Crippen LogP contribution < -0.4 is 10.6 Å². The number of carbonyl (C=O) groups excluding carboxylic acids is 1. The Bertz CT molecular complexity index is 920. The number of nitrogens with zero attached hydrogens (tertiary/aromatic N) is 2. The molecule has 1 heterocycles. The monoisotopic (exact) mass is 554 g/mol. The minimum Gasteiger partial charge on any atom is -0.356 e. The molecule has 2 aromatic rings. The molecule has 1 aromatic carbocycles. The number of nitrogens with one attached hydrogen (secondary N) is 2. The molecule has 0 saturated heterocycles. The van der Waals surface area contributed by atoms with E-state index in [-0.39, 0.29) is 29.9 Å². The Labute approximate surface area is 207 Å². The molecule has 1 amide bonds. The van der Waals surface area contributed by atoms with Gasteiger partial charge in [0, 0.05) is 43.0 Å². The summed E-state index contributed by atoms with van der Waals surface area (Å²) in [6.45, 7) is 6.28. The maximum atomic E-state index is 12.1. The second kappa shape index (κ2) is 11.3. The standard InChI is InChI=1S/C24H34N4OS.HI/c1-24(2)11-9-21-19(15-24)14-20(30-21)16-27-23(25-3)26-12-10-17-7-6-8-18(13-17)22(29)28(4)5;/h6-8,13-14H,9-12,15-16H2,1-5H3,(H2,25,26,27);1H. The first-order valence-corrected chi connectivity index (χ1v) is 11.4. The lowest BCUT2D eigenvalue weighted by Crippen LogP contribution is -2.37. The summed E-state index contributed by atoms with van der Waals surface area (Å²) in [7, 11) is 5.35. The molecule has 0 fully saturated rings. The first-order valence-electron chi connectivity index (χ1n) is 10.6. The van der Waals surface area contributed by atoms with Gasteiger partial charge >= 0.3 is 0 Å². The van der Waals surface area contributed by atoms with E-state index in [1.54, 1.807) is 30.9 Å². The van der Waals surface area contributed by atoms with Crippen molar-refractivity contribution >= 4 is 47.2 Å². The van der Waals surface area contributed by atoms with Crippen molar-refractivity contribution in [3.8, 4) is 0 Å². The van der Waals surface area contributed by atoms with Crippen molar-refractivity contribution in [3.05, 3.63) is 56.8 Å². The minimum absolute atomic E-state index is 0. The number of carbonyl (C=O) groups is 1. The fourth-order valence-corrected chi connectivity index (χ4v) is 5.00. The van der Waals surface area contributed by atoms with E-state index in [1.165, 1.54) is 29.7 Å². The zero-order chi connectivity index (χ0) is 21.7. The molecule has 5 nitrogen and oxygen atoms in total. The lowest BCUT2D eigenvalue weighted by atomic mass is 9.77. The molecule has 1 aliphatic carbocycles. The first-order chi connectivity index (χ1) is 14.3. The van der Waals surface area contributed by atoms with E-state index in [4.69, 9.17) is 0 Å². The molecule has 0 bridgehead atoms. The predicted molar refractivity (Wildman–Crippen MR) is 142 cm³/mol. The number of halogens is 1. The van der Waals surface area contributed by atoms with E-state index in [0.717, 1.165) is 36.6 Å². The maximum absolute atomic E-state index is 12.1. The molecular formula is C24H35IN4OS. The van der Waals surface area contributed by atoms with Crippen LogP contribution >= 0.6 is 35.3 Å². The van der Waals surface area contributed by atoms with Crippen LogP contribution in [-0.2, 0) is 25.8 Å². The molecular weight excluding hydrogens is 519 g/mol. The van der Waals surface area contributed by atoms with Gasteiger partial charge in [0.25, 0.3) is 5.91 Å². The number of amides is 1. The van der Waals surface area contributed by atoms with Crippen LogP contribution in [0.1, 0.15) is 51.5 Å². The highest BCUT2D eigenvalue weighted by Gasteiger charge is 2.26. The van der Waals surface area contributed by atoms with Crippen molar-refractivity contribution in [2.24, 2.45) is 10.4 Å². The van der Waals surface area contributed by atoms with Crippen LogP contribution in [0.3, 0.4) is 0 Å². The SMILES string of the molecule is CN=C(NCCc1cccc(C(=O)N(C)C)c1)NCc1cc2c(s1)CCC(C)(C)C2.I. The second-order valence-electron chi connectivity index (χ2n) is 9.00. The molecule has 7 heteroatoms. The number of benzene rings is 1. The van der Waals surface area contributed by atoms with Gasteiger partial charge in [-0.25, -0.2) is 0 Å². The van der Waals surface area contributed by atoms with Crippen LogP contribution in [0.4, 0.5) is 0 Å². The highest BCUT2D eigenvalue weighted by atomic mass is 127. The number of guanidine groups is 1. The van der Waals surface area contributed by atoms with E-state index < -0.39 is 0 Å². The third-order valence-electron chi connectivity index (χ3n) is 5.59. The number of thiophene rings is 1. The van der Waals surface area contributed by atoms with Gasteiger partial charge < -0.3 is 15.5 Å². The maximum Gasteiger partial charge on any atom is 0.253 e. The van der Waals surface area contributed by atoms with Crippen molar-refractivity contribution < 1.29 is 4.79 Å². The highest BCUT2D eigenvalue weighted by molar-refractivity contribution is 14.0. The fourth-order valence-electron chi connectivity index (χ4n) is 3.87. The van der Waals surface area contributed by atoms with Crippen LogP contribution in [0.25, 0.3) is 0 Å². The lowest BCUT2D eigenvalue weighted by Gasteiger charge is -2.29. The number of aryl methyl sites for hydroxylation is 1. The van der Waals surface area contributed by atoms with Gasteiger partial charge in [-0.15, -0.1) is 35.3 Å². The van der Waals surface area contributed by atoms with Crippen molar-refractivity contribution in [2.45, 2.75) is 46.1 Å². The molecule has 1 aliphatic rings. The third-order valence-corrected chi connectivity index (χ3v) is 6.82. The second-order valence-corrected chi connectivity index (χ2v) is 10.2. The zero-order valence-corrected chi connectivity index (χ0v) is 22.4. The van der Waals surface area contributed by atoms with Gasteiger partial charge in [-0.2, -0.15) is 0 Å². The van der Waals surface area contributed by atoms with Crippen molar-refractivity contribution in [1.29, 1.82) is 0 Å². The van der Waals surface area contributed by atoms with E-state index in [2.05, 4.69) is 41.6 Å². The molecule has 0 saturated carbocycles. The quantitative estimate of drug-likeness (QED) is 0.315. The smallest absolute Gasteiger partial charge is 0.253 e. The highest BCUT2D eigenvalue weighted by Crippen LogP contribution is 2.38. The first kappa shape index (κ1) is 25.6. The summed E-state index contributed by atoms with van der Waals surface area (Å²) in [6.07, 6.45) is 4.49. The zero-order valence-electron chi connectivity index (χ0n) is 19.2. The summed E-state index contributed by atoms with van der Waals surface area (Å²) in [5, 5.41) is 6.82. The Kier molecular flexibility index (Phi) is 9.36. The molecule has 0 radical (unpaired) electrons. The van der Waals surface area contributed by atoms with Crippen LogP contribution in [0.2, 0.25) is 0 Å². The van der Waals surface area contributed by atoms with Gasteiger partial charge in [0.05, 0.1) is 6.54 Å². The van der Waals surface area contributed by atoms with Crippen LogP contribution in [0.5, 0.6) is 0 Å². The summed E-state index contributed by atoms with van der Waals surface area (Å²) in [5.41, 5.74) is 3.82. The van der Waals surface area contributed by atoms with E-state index in [9.17, 15) is 4.79 Å². The number of hydrogen-bond acceptors (Lipinski definition) is 3. The minimum atomic E-state index is 0. The summed E-state index contributed by atoms with van der Waals surface area (Å²) >= 11 is 1.93. The number of rotatable bonds is 6. The van der Waals surface area contributed by atoms with E-state index in [0.29, 0.717) is 5.41 Å². The van der Waals surface area contributed by atoms with Gasteiger partial charge in [-0.1, -0.05) is 26.0 Å². The molecule has 31 heavy (non-hydrogen) atoms. The van der Waals surface area contributed by atoms with Crippen LogP contribution in [0, 0.1) is 5.41 Å². The molecule has 0 spiro atoms. The summed E-state index contributed by atoms with van der Waals surface area (Å²) in [5.74, 6) is 0.839. The van der Waals surface area contributed by atoms with Gasteiger partial charge in [0.1, 0.15) is 0 Å². The van der Waals surface area contributed by atoms with Crippen LogP contribution in [0.15, 0.2) is 35.3 Å². The average Bonchev–Trinajstić information content (AvgIpc) is 3.10. The van der Waals surface area contributed by atoms with E-state index in [1.807, 2.05) is 29.5 Å². The van der Waals surface area contributed by atoms with Gasteiger partial charge in [0.15, 0.2) is 5.96 Å². The molecule has 1 aromatic heterocycles. The summed E-state index contributed by atoms with van der Waals surface area (Å²) in [4.78, 5) is 21.0. The Balaban J connectivity index is 0.00000341. The molecule has 0 aliphatic heterocycles. The van der Waals surface area contributed by atoms with Crippen molar-refractivity contribution in [2.75, 3.05) is 27.7 Å². The Morgan fingerprint density at radius 1 is 1.23 bits per heavy atom. The largest absolute Gasteiger partial charge is 0.356 e. The Morgan fingerprint density at radius 3 is 2.71 bits per heavy atom. The molecule has 3 rings (SSSR count). The van der Waals surface area contributed by atoms with Gasteiger partial charge in [-0.3, -0.25) is 9.79 Å². The third kappa shape index (κ3) is 7.20. The van der Waals surface area contributed by atoms with Crippen molar-refractivity contribution in [1.82, 2.24) is 15.5 Å². The Morgan fingerprint density at radius 2 is 2.00 bits per heavy atom. The summed E-state index contributed by atoms with van der Waals surface area (Å²) < 4.78 is 0. The predicted octanol–water partition coefficient (Wildman–Crippen LogP) is 4.49. The van der Waals surface area contributed by atoms with Crippen molar-refractivity contribution in [3.63, 3.8) is 0 Å². The topological polar surface area (TPSA) is 56.7 Å². The molecule has 0 atom stereocenters. The lowest BCUT2D eigenvalue weighted by molar-refractivity contribution is 0.0827. The van der Waals surface area contributed by atoms with Crippen LogP contribution in [-0.4, -0.2) is 44.5 Å². The average molecular weight is 555 g/mol. The summed E-state index contributed by atoms with van der Waals surface area (Å²) in [6, 6.07) is 10.2. The number of hydrogen-bond donors (Lipinski definition) is 2. The number of fused-ring (bicyclic) bond motifs is 1. The fraction of sp³-hybridized carbons (Fsp3) is 0.500. The number of aliphatic imine (C=N–C) groups is 1. The normalized spacial score (nSPS) is 14.9. The van der Waals surface area contributed by atoms with E-state index >= 15 is 0 Å². The molecule has 170 valence electrons. The Hall–Kier alpha value is -1.61. The molecule has 2 N–H and O–H groups in total. The molecule has 0 unspecified atom stereocenters. The van der Waals surface area contributed by atoms with Gasteiger partial charge in [-0.05, 0) is 60.4 Å². The van der Waals surface area contributed by atoms with Gasteiger partial charge in [0.2, 0.25) is 0 Å².